The fourth-order valence-electron chi connectivity index (χ4n) is 1.60. The summed E-state index contributed by atoms with van der Waals surface area (Å²) in [6.07, 6.45) is 5.50. The van der Waals surface area contributed by atoms with Gasteiger partial charge in [0.25, 0.3) is 0 Å². The standard InChI is InChI=1S/C14H19N2O4PS/c1-14(2,3)20-21(17,18)19-11-16-9-8-12(15-16)6-7-13-5-4-10-22-13/h4-10H,11H2,1-3H3,(H,17,18). The molecular weight excluding hydrogens is 323 g/mol. The van der Waals surface area contributed by atoms with E-state index in [-0.39, 0.29) is 6.73 Å². The van der Waals surface area contributed by atoms with Crippen LogP contribution in [0.25, 0.3) is 12.2 Å². The first kappa shape index (κ1) is 17.1. The molecule has 1 N–H and O–H groups in total. The molecule has 0 aliphatic rings. The molecule has 0 saturated carbocycles. The van der Waals surface area contributed by atoms with Crippen molar-refractivity contribution in [2.24, 2.45) is 0 Å². The molecule has 22 heavy (non-hydrogen) atoms. The highest BCUT2D eigenvalue weighted by Crippen LogP contribution is 2.47. The molecule has 0 aliphatic heterocycles. The molecule has 1 atom stereocenters. The average molecular weight is 342 g/mol. The van der Waals surface area contributed by atoms with Gasteiger partial charge in [0.15, 0.2) is 6.73 Å². The number of nitrogens with zero attached hydrogens (tertiary/aromatic N) is 2. The number of phosphoric ester groups is 1. The average Bonchev–Trinajstić information content (AvgIpc) is 3.03. The lowest BCUT2D eigenvalue weighted by Gasteiger charge is -2.22. The summed E-state index contributed by atoms with van der Waals surface area (Å²) in [5.74, 6) is 0. The summed E-state index contributed by atoms with van der Waals surface area (Å²) >= 11 is 1.64. The lowest BCUT2D eigenvalue weighted by molar-refractivity contribution is 0.0463. The Hall–Kier alpha value is -1.24. The molecule has 2 rings (SSSR count). The molecule has 6 nitrogen and oxygen atoms in total. The van der Waals surface area contributed by atoms with Crippen molar-refractivity contribution < 1.29 is 18.5 Å². The van der Waals surface area contributed by atoms with Gasteiger partial charge < -0.3 is 4.89 Å². The predicted octanol–water partition coefficient (Wildman–Crippen LogP) is 4.00. The lowest BCUT2D eigenvalue weighted by atomic mass is 10.2. The Morgan fingerprint density at radius 2 is 2.18 bits per heavy atom. The van der Waals surface area contributed by atoms with Crippen molar-refractivity contribution in [1.29, 1.82) is 0 Å². The van der Waals surface area contributed by atoms with Crippen LogP contribution < -0.4 is 0 Å². The van der Waals surface area contributed by atoms with Crippen molar-refractivity contribution >= 4 is 31.3 Å². The number of thiophene rings is 1. The molecule has 2 aromatic heterocycles. The molecule has 8 heteroatoms. The van der Waals surface area contributed by atoms with E-state index in [1.54, 1.807) is 44.4 Å². The summed E-state index contributed by atoms with van der Waals surface area (Å²) in [6.45, 7) is 4.89. The molecule has 0 amide bonds. The van der Waals surface area contributed by atoms with Gasteiger partial charge in [-0.3, -0.25) is 9.05 Å². The van der Waals surface area contributed by atoms with E-state index in [0.29, 0.717) is 0 Å². The molecule has 120 valence electrons. The number of phosphoric acid groups is 1. The number of aromatic nitrogens is 2. The van der Waals surface area contributed by atoms with Crippen molar-refractivity contribution in [2.75, 3.05) is 0 Å². The molecule has 2 heterocycles. The second-order valence-corrected chi connectivity index (χ2v) is 7.92. The molecular formula is C14H19N2O4PS. The van der Waals surface area contributed by atoms with Crippen LogP contribution in [0.4, 0.5) is 0 Å². The Labute approximate surface area is 133 Å². The van der Waals surface area contributed by atoms with E-state index in [0.717, 1.165) is 10.6 Å². The Kier molecular flexibility index (Phi) is 5.36. The Morgan fingerprint density at radius 3 is 2.82 bits per heavy atom. The highest BCUT2D eigenvalue weighted by molar-refractivity contribution is 7.47. The second kappa shape index (κ2) is 6.89. The summed E-state index contributed by atoms with van der Waals surface area (Å²) in [5, 5.41) is 6.23. The molecule has 0 aliphatic carbocycles. The third-order valence-electron chi connectivity index (χ3n) is 2.37. The minimum absolute atomic E-state index is 0.156. The summed E-state index contributed by atoms with van der Waals surface area (Å²) in [6, 6.07) is 5.78. The fourth-order valence-corrected chi connectivity index (χ4v) is 3.22. The van der Waals surface area contributed by atoms with Gasteiger partial charge in [0.05, 0.1) is 11.3 Å². The Balaban J connectivity index is 1.91. The van der Waals surface area contributed by atoms with Crippen LogP contribution in [0.5, 0.6) is 0 Å². The van der Waals surface area contributed by atoms with Gasteiger partial charge in [-0.2, -0.15) is 5.10 Å². The predicted molar refractivity (Wildman–Crippen MR) is 87.2 cm³/mol. The first-order valence-electron chi connectivity index (χ1n) is 6.67. The topological polar surface area (TPSA) is 73.6 Å². The molecule has 0 saturated heterocycles. The first-order chi connectivity index (χ1) is 10.2. The van der Waals surface area contributed by atoms with Gasteiger partial charge in [0.1, 0.15) is 0 Å². The van der Waals surface area contributed by atoms with Crippen LogP contribution in [-0.4, -0.2) is 20.3 Å². The van der Waals surface area contributed by atoms with E-state index in [4.69, 9.17) is 9.05 Å². The van der Waals surface area contributed by atoms with Gasteiger partial charge in [-0.15, -0.1) is 11.3 Å². The highest BCUT2D eigenvalue weighted by Gasteiger charge is 2.28. The number of hydrogen-bond acceptors (Lipinski definition) is 5. The SMILES string of the molecule is CC(C)(C)OP(=O)(O)OCn1ccc(C=Cc2cccs2)n1. The van der Waals surface area contributed by atoms with Gasteiger partial charge in [-0.05, 0) is 50.4 Å². The Morgan fingerprint density at radius 1 is 1.41 bits per heavy atom. The molecule has 0 aromatic carbocycles. The molecule has 0 fully saturated rings. The van der Waals surface area contributed by atoms with Crippen LogP contribution in [0, 0.1) is 0 Å². The van der Waals surface area contributed by atoms with Crippen molar-refractivity contribution in [2.45, 2.75) is 33.1 Å². The van der Waals surface area contributed by atoms with Crippen LogP contribution in [0.3, 0.4) is 0 Å². The quantitative estimate of drug-likeness (QED) is 0.803. The molecule has 2 aromatic rings. The van der Waals surface area contributed by atoms with Gasteiger partial charge in [-0.1, -0.05) is 6.07 Å². The minimum atomic E-state index is -4.10. The summed E-state index contributed by atoms with van der Waals surface area (Å²) in [7, 11) is -4.10. The highest BCUT2D eigenvalue weighted by atomic mass is 32.1. The van der Waals surface area contributed by atoms with Crippen LogP contribution >= 0.6 is 19.2 Å². The number of hydrogen-bond donors (Lipinski definition) is 1. The van der Waals surface area contributed by atoms with Gasteiger partial charge >= 0.3 is 7.82 Å². The maximum atomic E-state index is 11.7. The van der Waals surface area contributed by atoms with E-state index in [1.807, 2.05) is 29.7 Å². The molecule has 0 spiro atoms. The third-order valence-corrected chi connectivity index (χ3v) is 4.42. The van der Waals surface area contributed by atoms with Crippen LogP contribution in [0.15, 0.2) is 29.8 Å². The molecule has 0 radical (unpaired) electrons. The molecule has 0 bridgehead atoms. The first-order valence-corrected chi connectivity index (χ1v) is 9.04. The van der Waals surface area contributed by atoms with E-state index in [2.05, 4.69) is 5.10 Å². The van der Waals surface area contributed by atoms with E-state index >= 15 is 0 Å². The van der Waals surface area contributed by atoms with Gasteiger partial charge in [0, 0.05) is 11.1 Å². The van der Waals surface area contributed by atoms with Crippen molar-refractivity contribution in [3.8, 4) is 0 Å². The summed E-state index contributed by atoms with van der Waals surface area (Å²) in [5.41, 5.74) is -0.0234. The zero-order valence-electron chi connectivity index (χ0n) is 12.7. The van der Waals surface area contributed by atoms with Crippen LogP contribution in [0.2, 0.25) is 0 Å². The van der Waals surface area contributed by atoms with Crippen LogP contribution in [0.1, 0.15) is 31.3 Å². The van der Waals surface area contributed by atoms with Gasteiger partial charge in [0.2, 0.25) is 0 Å². The summed E-state index contributed by atoms with van der Waals surface area (Å²) in [4.78, 5) is 10.7. The largest absolute Gasteiger partial charge is 0.474 e. The third kappa shape index (κ3) is 5.87. The van der Waals surface area contributed by atoms with E-state index in [1.165, 1.54) is 4.68 Å². The van der Waals surface area contributed by atoms with Crippen molar-refractivity contribution in [1.82, 2.24) is 9.78 Å². The summed E-state index contributed by atoms with van der Waals surface area (Å²) < 4.78 is 23.1. The zero-order chi connectivity index (χ0) is 16.2. The van der Waals surface area contributed by atoms with E-state index in [9.17, 15) is 9.46 Å². The smallest absolute Gasteiger partial charge is 0.302 e. The van der Waals surface area contributed by atoms with Gasteiger partial charge in [-0.25, -0.2) is 9.25 Å². The molecule has 1 unspecified atom stereocenters. The van der Waals surface area contributed by atoms with Crippen LogP contribution in [-0.2, 0) is 20.3 Å². The zero-order valence-corrected chi connectivity index (χ0v) is 14.4. The Bertz CT molecular complexity index is 673. The maximum absolute atomic E-state index is 11.7. The normalized spacial score (nSPS) is 15.3. The monoisotopic (exact) mass is 342 g/mol. The second-order valence-electron chi connectivity index (χ2n) is 5.56. The fraction of sp³-hybridized carbons (Fsp3) is 0.357. The maximum Gasteiger partial charge on any atom is 0.474 e. The number of rotatable bonds is 6. The van der Waals surface area contributed by atoms with E-state index < -0.39 is 13.4 Å². The lowest BCUT2D eigenvalue weighted by Crippen LogP contribution is -2.18. The van der Waals surface area contributed by atoms with Crippen molar-refractivity contribution in [3.63, 3.8) is 0 Å². The van der Waals surface area contributed by atoms with Crippen molar-refractivity contribution in [3.05, 3.63) is 40.3 Å². The minimum Gasteiger partial charge on any atom is -0.302 e.